The molecule has 2 aromatic rings. The minimum atomic E-state index is -0.308. The van der Waals surface area contributed by atoms with Gasteiger partial charge in [0, 0.05) is 36.4 Å². The number of likely N-dealkylation sites (tertiary alicyclic amines) is 1. The quantitative estimate of drug-likeness (QED) is 0.937. The third kappa shape index (κ3) is 3.33. The smallest absolute Gasteiger partial charge is 0.137 e. The zero-order valence-electron chi connectivity index (χ0n) is 12.7. The molecule has 1 aliphatic heterocycles. The van der Waals surface area contributed by atoms with Crippen molar-refractivity contribution in [2.45, 2.75) is 39.8 Å². The van der Waals surface area contributed by atoms with Crippen molar-refractivity contribution in [3.63, 3.8) is 0 Å². The zero-order valence-corrected chi connectivity index (χ0v) is 13.5. The van der Waals surface area contributed by atoms with Crippen LogP contribution < -0.4 is 0 Å². The van der Waals surface area contributed by atoms with Crippen LogP contribution in [-0.2, 0) is 13.0 Å². The Labute approximate surface area is 128 Å². The molecular formula is C15H21N3O2S. The van der Waals surface area contributed by atoms with Crippen molar-refractivity contribution in [1.82, 2.24) is 15.0 Å². The molecule has 114 valence electrons. The monoisotopic (exact) mass is 307 g/mol. The van der Waals surface area contributed by atoms with E-state index in [9.17, 15) is 5.11 Å². The minimum Gasteiger partial charge on any atom is -0.391 e. The molecule has 21 heavy (non-hydrogen) atoms. The number of nitrogens with zero attached hydrogens (tertiary/aromatic N) is 3. The van der Waals surface area contributed by atoms with E-state index in [1.807, 2.05) is 19.9 Å². The lowest BCUT2D eigenvalue weighted by molar-refractivity contribution is 0.137. The Hall–Kier alpha value is -1.24. The van der Waals surface area contributed by atoms with Crippen molar-refractivity contribution < 1.29 is 9.63 Å². The molecule has 0 radical (unpaired) electrons. The van der Waals surface area contributed by atoms with Crippen LogP contribution in [0, 0.1) is 26.7 Å². The van der Waals surface area contributed by atoms with E-state index in [4.69, 9.17) is 4.52 Å². The molecule has 6 heteroatoms. The first-order valence-corrected chi connectivity index (χ1v) is 8.08. The minimum absolute atomic E-state index is 0.208. The summed E-state index contributed by atoms with van der Waals surface area (Å²) in [5.41, 5.74) is 2.01. The topological polar surface area (TPSA) is 62.4 Å². The molecule has 3 heterocycles. The van der Waals surface area contributed by atoms with Gasteiger partial charge in [-0.3, -0.25) is 4.90 Å². The Morgan fingerprint density at radius 1 is 1.38 bits per heavy atom. The fraction of sp³-hybridized carbons (Fsp3) is 0.600. The van der Waals surface area contributed by atoms with E-state index in [0.29, 0.717) is 6.54 Å². The third-order valence-electron chi connectivity index (χ3n) is 4.05. The van der Waals surface area contributed by atoms with Crippen LogP contribution in [-0.4, -0.2) is 39.3 Å². The van der Waals surface area contributed by atoms with E-state index in [1.165, 1.54) is 4.88 Å². The number of aliphatic hydroxyl groups excluding tert-OH is 1. The van der Waals surface area contributed by atoms with Crippen molar-refractivity contribution >= 4 is 11.3 Å². The number of hydrogen-bond donors (Lipinski definition) is 1. The number of aromatic nitrogens is 2. The van der Waals surface area contributed by atoms with Gasteiger partial charge in [0.25, 0.3) is 0 Å². The summed E-state index contributed by atoms with van der Waals surface area (Å²) >= 11 is 1.75. The standard InChI is InChI=1S/C15H21N3O2S/c1-9-4-13(20-17-9)5-12-6-18(7-14(12)19)8-15-16-10(2)11(3)21-15/h4,12,14,19H,5-8H2,1-3H3/t12-,14+/m1/s1. The van der Waals surface area contributed by atoms with Gasteiger partial charge >= 0.3 is 0 Å². The maximum absolute atomic E-state index is 10.2. The Balaban J connectivity index is 1.60. The lowest BCUT2D eigenvalue weighted by atomic mass is 10.0. The Morgan fingerprint density at radius 2 is 2.19 bits per heavy atom. The fourth-order valence-electron chi connectivity index (χ4n) is 2.84. The molecule has 2 atom stereocenters. The molecule has 1 fully saturated rings. The van der Waals surface area contributed by atoms with E-state index in [1.54, 1.807) is 11.3 Å². The third-order valence-corrected chi connectivity index (χ3v) is 5.11. The molecule has 2 aromatic heterocycles. The van der Waals surface area contributed by atoms with Crippen LogP contribution in [0.4, 0.5) is 0 Å². The summed E-state index contributed by atoms with van der Waals surface area (Å²) in [6.07, 6.45) is 0.437. The van der Waals surface area contributed by atoms with Crippen LogP contribution in [0.3, 0.4) is 0 Å². The highest BCUT2D eigenvalue weighted by molar-refractivity contribution is 7.11. The van der Waals surface area contributed by atoms with Crippen LogP contribution in [0.2, 0.25) is 0 Å². The van der Waals surface area contributed by atoms with Gasteiger partial charge < -0.3 is 9.63 Å². The van der Waals surface area contributed by atoms with Gasteiger partial charge in [0.05, 0.1) is 24.0 Å². The van der Waals surface area contributed by atoms with Gasteiger partial charge in [-0.15, -0.1) is 11.3 Å². The van der Waals surface area contributed by atoms with Crippen LogP contribution in [0.1, 0.15) is 27.0 Å². The molecule has 0 unspecified atom stereocenters. The van der Waals surface area contributed by atoms with Gasteiger partial charge in [-0.2, -0.15) is 0 Å². The molecule has 0 bridgehead atoms. The highest BCUT2D eigenvalue weighted by Crippen LogP contribution is 2.25. The second-order valence-corrected chi connectivity index (χ2v) is 7.20. The van der Waals surface area contributed by atoms with E-state index >= 15 is 0 Å². The molecule has 1 aliphatic rings. The molecular weight excluding hydrogens is 286 g/mol. The predicted octanol–water partition coefficient (Wildman–Crippen LogP) is 2.09. The zero-order chi connectivity index (χ0) is 15.0. The summed E-state index contributed by atoms with van der Waals surface area (Å²) < 4.78 is 5.26. The molecule has 1 N–H and O–H groups in total. The predicted molar refractivity (Wildman–Crippen MR) is 81.3 cm³/mol. The molecule has 5 nitrogen and oxygen atoms in total. The molecule has 3 rings (SSSR count). The average Bonchev–Trinajstić information content (AvgIpc) is 3.04. The Morgan fingerprint density at radius 3 is 2.81 bits per heavy atom. The van der Waals surface area contributed by atoms with Crippen molar-refractivity contribution in [2.75, 3.05) is 13.1 Å². The number of hydrogen-bond acceptors (Lipinski definition) is 6. The summed E-state index contributed by atoms with van der Waals surface area (Å²) in [7, 11) is 0. The van der Waals surface area contributed by atoms with Crippen molar-refractivity contribution in [1.29, 1.82) is 0 Å². The average molecular weight is 307 g/mol. The second-order valence-electron chi connectivity index (χ2n) is 5.91. The first kappa shape index (κ1) is 14.7. The van der Waals surface area contributed by atoms with Crippen molar-refractivity contribution in [2.24, 2.45) is 5.92 Å². The van der Waals surface area contributed by atoms with Gasteiger partial charge in [0.15, 0.2) is 0 Å². The van der Waals surface area contributed by atoms with Crippen LogP contribution in [0.25, 0.3) is 0 Å². The van der Waals surface area contributed by atoms with E-state index in [0.717, 1.165) is 41.7 Å². The molecule has 0 aromatic carbocycles. The summed E-state index contributed by atoms with van der Waals surface area (Å²) in [6, 6.07) is 1.95. The van der Waals surface area contributed by atoms with Gasteiger partial charge in [-0.1, -0.05) is 5.16 Å². The van der Waals surface area contributed by atoms with Crippen molar-refractivity contribution in [3.8, 4) is 0 Å². The number of rotatable bonds is 4. The summed E-state index contributed by atoms with van der Waals surface area (Å²) in [5.74, 6) is 1.07. The highest BCUT2D eigenvalue weighted by Gasteiger charge is 2.32. The number of β-amino-alcohol motifs (C(OH)–C–C–N with tert-alkyl or cyclic N) is 1. The SMILES string of the molecule is Cc1cc(C[C@@H]2CN(Cc3nc(C)c(C)s3)C[C@@H]2O)on1. The molecule has 1 saturated heterocycles. The lowest BCUT2D eigenvalue weighted by Crippen LogP contribution is -2.21. The summed E-state index contributed by atoms with van der Waals surface area (Å²) in [6.45, 7) is 8.46. The normalized spacial score (nSPS) is 23.0. The largest absolute Gasteiger partial charge is 0.391 e. The van der Waals surface area contributed by atoms with Crippen LogP contribution >= 0.6 is 11.3 Å². The van der Waals surface area contributed by atoms with Gasteiger partial charge in [-0.25, -0.2) is 4.98 Å². The summed E-state index contributed by atoms with van der Waals surface area (Å²) in [4.78, 5) is 8.13. The Bertz CT molecular complexity index is 603. The van der Waals surface area contributed by atoms with Gasteiger partial charge in [0.2, 0.25) is 0 Å². The van der Waals surface area contributed by atoms with Crippen molar-refractivity contribution in [3.05, 3.63) is 33.1 Å². The maximum atomic E-state index is 10.2. The van der Waals surface area contributed by atoms with E-state index < -0.39 is 0 Å². The first-order chi connectivity index (χ1) is 10.0. The van der Waals surface area contributed by atoms with E-state index in [-0.39, 0.29) is 12.0 Å². The van der Waals surface area contributed by atoms with Crippen LogP contribution in [0.15, 0.2) is 10.6 Å². The number of thiazole rings is 1. The Kier molecular flexibility index (Phi) is 4.10. The highest BCUT2D eigenvalue weighted by atomic mass is 32.1. The number of aryl methyl sites for hydroxylation is 3. The molecule has 0 saturated carbocycles. The maximum Gasteiger partial charge on any atom is 0.137 e. The summed E-state index contributed by atoms with van der Waals surface area (Å²) in [5, 5.41) is 15.3. The fourth-order valence-corrected chi connectivity index (χ4v) is 3.82. The second kappa shape index (κ2) is 5.87. The molecule has 0 amide bonds. The molecule has 0 aliphatic carbocycles. The molecule has 0 spiro atoms. The van der Waals surface area contributed by atoms with Gasteiger partial charge in [-0.05, 0) is 20.8 Å². The lowest BCUT2D eigenvalue weighted by Gasteiger charge is -2.13. The number of aliphatic hydroxyl groups is 1. The van der Waals surface area contributed by atoms with Gasteiger partial charge in [0.1, 0.15) is 10.8 Å². The first-order valence-electron chi connectivity index (χ1n) is 7.27. The van der Waals surface area contributed by atoms with E-state index in [2.05, 4.69) is 22.0 Å². The van der Waals surface area contributed by atoms with Crippen LogP contribution in [0.5, 0.6) is 0 Å².